The maximum Gasteiger partial charge on any atom is 0.418 e. The molecule has 0 aliphatic rings. The molecule has 2 aromatic rings. The van der Waals surface area contributed by atoms with Crippen molar-refractivity contribution in [3.63, 3.8) is 0 Å². The minimum absolute atomic E-state index is 0.115. The van der Waals surface area contributed by atoms with Crippen molar-refractivity contribution in [1.82, 2.24) is 0 Å². The van der Waals surface area contributed by atoms with Crippen molar-refractivity contribution in [2.75, 3.05) is 5.32 Å². The van der Waals surface area contributed by atoms with E-state index in [-0.39, 0.29) is 10.5 Å². The van der Waals surface area contributed by atoms with Crippen LogP contribution in [-0.2, 0) is 16.2 Å². The highest BCUT2D eigenvalue weighted by Gasteiger charge is 2.33. The smallest absolute Gasteiger partial charge is 0.321 e. The maximum absolute atomic E-state index is 12.9. The molecule has 0 unspecified atom stereocenters. The molecule has 9 heteroatoms. The van der Waals surface area contributed by atoms with Crippen LogP contribution in [0, 0.1) is 6.92 Å². The van der Waals surface area contributed by atoms with Crippen molar-refractivity contribution in [1.29, 1.82) is 0 Å². The molecule has 0 radical (unpaired) electrons. The fourth-order valence-electron chi connectivity index (χ4n) is 2.08. The van der Waals surface area contributed by atoms with Gasteiger partial charge in [0.2, 0.25) is 10.0 Å². The van der Waals surface area contributed by atoms with Crippen LogP contribution < -0.4 is 10.5 Å². The van der Waals surface area contributed by atoms with Gasteiger partial charge in [-0.25, -0.2) is 13.6 Å². The lowest BCUT2D eigenvalue weighted by atomic mass is 10.1. The topological polar surface area (TPSA) is 89.3 Å². The summed E-state index contributed by atoms with van der Waals surface area (Å²) in [7, 11) is -4.05. The van der Waals surface area contributed by atoms with E-state index < -0.39 is 33.4 Å². The third-order valence-corrected chi connectivity index (χ3v) is 4.02. The Hall–Kier alpha value is -2.39. The van der Waals surface area contributed by atoms with Crippen molar-refractivity contribution in [2.45, 2.75) is 18.0 Å². The number of amides is 1. The van der Waals surface area contributed by atoms with Crippen LogP contribution >= 0.6 is 0 Å². The van der Waals surface area contributed by atoms with E-state index in [1.807, 2.05) is 0 Å². The van der Waals surface area contributed by atoms with Gasteiger partial charge in [0, 0.05) is 5.56 Å². The van der Waals surface area contributed by atoms with Gasteiger partial charge in [-0.1, -0.05) is 12.1 Å². The van der Waals surface area contributed by atoms with Gasteiger partial charge in [-0.3, -0.25) is 4.79 Å². The molecule has 2 aromatic carbocycles. The quantitative estimate of drug-likeness (QED) is 0.884. The van der Waals surface area contributed by atoms with Crippen molar-refractivity contribution in [2.24, 2.45) is 5.14 Å². The van der Waals surface area contributed by atoms with Crippen molar-refractivity contribution in [3.8, 4) is 0 Å². The van der Waals surface area contributed by atoms with Gasteiger partial charge in [-0.15, -0.1) is 0 Å². The zero-order chi connectivity index (χ0) is 18.1. The molecule has 2 rings (SSSR count). The second kappa shape index (κ2) is 6.25. The molecule has 0 saturated heterocycles. The van der Waals surface area contributed by atoms with Crippen molar-refractivity contribution >= 4 is 21.6 Å². The zero-order valence-corrected chi connectivity index (χ0v) is 13.2. The van der Waals surface area contributed by atoms with E-state index in [2.05, 4.69) is 5.32 Å². The molecule has 0 saturated carbocycles. The molecule has 0 fully saturated rings. The normalized spacial score (nSPS) is 12.0. The SMILES string of the molecule is Cc1cc(C(=O)Nc2ccccc2C(F)(F)F)cc(S(N)(=O)=O)c1. The highest BCUT2D eigenvalue weighted by Crippen LogP contribution is 2.34. The first kappa shape index (κ1) is 18.0. The van der Waals surface area contributed by atoms with Crippen LogP contribution in [0.15, 0.2) is 47.4 Å². The van der Waals surface area contributed by atoms with Gasteiger partial charge >= 0.3 is 6.18 Å². The van der Waals surface area contributed by atoms with Crippen LogP contribution in [0.2, 0.25) is 0 Å². The van der Waals surface area contributed by atoms with Gasteiger partial charge in [0.1, 0.15) is 0 Å². The maximum atomic E-state index is 12.9. The summed E-state index contributed by atoms with van der Waals surface area (Å²) in [6.07, 6.45) is -4.64. The minimum Gasteiger partial charge on any atom is -0.321 e. The number of carbonyl (C=O) groups is 1. The first-order chi connectivity index (χ1) is 11.0. The lowest BCUT2D eigenvalue weighted by Crippen LogP contribution is -2.18. The van der Waals surface area contributed by atoms with Crippen LogP contribution in [0.1, 0.15) is 21.5 Å². The number of halogens is 3. The van der Waals surface area contributed by atoms with Gasteiger partial charge in [0.15, 0.2) is 0 Å². The predicted octanol–water partition coefficient (Wildman–Crippen LogP) is 2.91. The Morgan fingerprint density at radius 3 is 2.33 bits per heavy atom. The summed E-state index contributed by atoms with van der Waals surface area (Å²) >= 11 is 0. The number of anilines is 1. The Kier molecular flexibility index (Phi) is 4.68. The van der Waals surface area contributed by atoms with Crippen LogP contribution in [0.4, 0.5) is 18.9 Å². The fourth-order valence-corrected chi connectivity index (χ4v) is 2.72. The number of rotatable bonds is 3. The zero-order valence-electron chi connectivity index (χ0n) is 12.4. The van der Waals surface area contributed by atoms with Gasteiger partial charge in [-0.2, -0.15) is 13.2 Å². The third kappa shape index (κ3) is 4.12. The Morgan fingerprint density at radius 1 is 1.12 bits per heavy atom. The second-order valence-corrected chi connectivity index (χ2v) is 6.64. The standard InChI is InChI=1S/C15H13F3N2O3S/c1-9-6-10(8-11(7-9)24(19,22)23)14(21)20-13-5-3-2-4-12(13)15(16,17)18/h2-8H,1H3,(H,20,21)(H2,19,22,23). The monoisotopic (exact) mass is 358 g/mol. The molecule has 0 aromatic heterocycles. The molecular formula is C15H13F3N2O3S. The number of aryl methyl sites for hydroxylation is 1. The van der Waals surface area contributed by atoms with E-state index in [1.165, 1.54) is 31.2 Å². The Morgan fingerprint density at radius 2 is 1.75 bits per heavy atom. The van der Waals surface area contributed by atoms with Gasteiger partial charge in [0.25, 0.3) is 5.91 Å². The number of para-hydroxylation sites is 1. The molecule has 24 heavy (non-hydrogen) atoms. The molecule has 1 amide bonds. The van der Waals surface area contributed by atoms with Gasteiger partial charge in [-0.05, 0) is 42.8 Å². The summed E-state index contributed by atoms with van der Waals surface area (Å²) in [6, 6.07) is 8.10. The van der Waals surface area contributed by atoms with Gasteiger partial charge < -0.3 is 5.32 Å². The Labute approximate surface area is 136 Å². The van der Waals surface area contributed by atoms with E-state index in [0.29, 0.717) is 5.56 Å². The predicted molar refractivity (Wildman–Crippen MR) is 81.9 cm³/mol. The first-order valence-electron chi connectivity index (χ1n) is 6.60. The third-order valence-electron chi connectivity index (χ3n) is 3.12. The van der Waals surface area contributed by atoms with Crippen molar-refractivity contribution in [3.05, 3.63) is 59.2 Å². The summed E-state index contributed by atoms with van der Waals surface area (Å²) in [5, 5.41) is 7.16. The number of hydrogen-bond donors (Lipinski definition) is 2. The van der Waals surface area contributed by atoms with Crippen LogP contribution in [0.25, 0.3) is 0 Å². The Balaban J connectivity index is 2.41. The van der Waals surface area contributed by atoms with E-state index >= 15 is 0 Å². The average molecular weight is 358 g/mol. The summed E-state index contributed by atoms with van der Waals surface area (Å²) in [5.41, 5.74) is -1.11. The van der Waals surface area contributed by atoms with Crippen LogP contribution in [0.3, 0.4) is 0 Å². The average Bonchev–Trinajstić information content (AvgIpc) is 2.45. The van der Waals surface area contributed by atoms with Gasteiger partial charge in [0.05, 0.1) is 16.1 Å². The van der Waals surface area contributed by atoms with Crippen molar-refractivity contribution < 1.29 is 26.4 Å². The lowest BCUT2D eigenvalue weighted by molar-refractivity contribution is -0.136. The summed E-state index contributed by atoms with van der Waals surface area (Å²) in [6.45, 7) is 1.54. The van der Waals surface area contributed by atoms with E-state index in [0.717, 1.165) is 18.2 Å². The molecule has 0 heterocycles. The minimum atomic E-state index is -4.64. The molecule has 0 spiro atoms. The molecule has 5 nitrogen and oxygen atoms in total. The molecule has 0 bridgehead atoms. The number of benzene rings is 2. The number of hydrogen-bond acceptors (Lipinski definition) is 3. The number of carbonyl (C=O) groups excluding carboxylic acids is 1. The van der Waals surface area contributed by atoms with E-state index in [1.54, 1.807) is 0 Å². The van der Waals surface area contributed by atoms with E-state index in [4.69, 9.17) is 5.14 Å². The summed E-state index contributed by atoms with van der Waals surface area (Å²) in [4.78, 5) is 11.9. The Bertz CT molecular complexity index is 893. The largest absolute Gasteiger partial charge is 0.418 e. The highest BCUT2D eigenvalue weighted by molar-refractivity contribution is 7.89. The highest BCUT2D eigenvalue weighted by atomic mass is 32.2. The summed E-state index contributed by atoms with van der Waals surface area (Å²) in [5.74, 6) is -0.875. The molecule has 0 aliphatic heterocycles. The number of primary sulfonamides is 1. The summed E-state index contributed by atoms with van der Waals surface area (Å²) < 4.78 is 61.6. The number of sulfonamides is 1. The van der Waals surface area contributed by atoms with Crippen LogP contribution in [0.5, 0.6) is 0 Å². The number of alkyl halides is 3. The number of nitrogens with two attached hydrogens (primary N) is 1. The molecule has 0 atom stereocenters. The van der Waals surface area contributed by atoms with Crippen LogP contribution in [-0.4, -0.2) is 14.3 Å². The second-order valence-electron chi connectivity index (χ2n) is 5.08. The number of nitrogens with one attached hydrogen (secondary N) is 1. The van der Waals surface area contributed by atoms with E-state index in [9.17, 15) is 26.4 Å². The molecule has 3 N–H and O–H groups in total. The molecule has 128 valence electrons. The lowest BCUT2D eigenvalue weighted by Gasteiger charge is -2.14. The molecular weight excluding hydrogens is 345 g/mol. The first-order valence-corrected chi connectivity index (χ1v) is 8.15. The molecule has 0 aliphatic carbocycles. The fraction of sp³-hybridized carbons (Fsp3) is 0.133.